The molecule has 4 aromatic heterocycles. The number of nitrogens with zero attached hydrogens (tertiary/aromatic N) is 6. The number of hydrogen-bond acceptors (Lipinski definition) is 11. The molecule has 0 amide bonds. The fourth-order valence-corrected chi connectivity index (χ4v) is 8.15. The molecule has 0 aliphatic rings. The molecule has 0 radical (unpaired) electrons. The molecule has 0 spiro atoms. The van der Waals surface area contributed by atoms with Gasteiger partial charge in [0.2, 0.25) is 11.9 Å². The maximum absolute atomic E-state index is 12.9. The Kier molecular flexibility index (Phi) is 14.5. The normalized spacial score (nSPS) is 12.6. The maximum Gasteiger partial charge on any atom is 0.259 e. The van der Waals surface area contributed by atoms with Crippen LogP contribution in [-0.2, 0) is 23.9 Å². The molecule has 0 fully saturated rings. The number of rotatable bonds is 14. The van der Waals surface area contributed by atoms with Crippen molar-refractivity contribution >= 4 is 78.8 Å². The number of hydrogen-bond donors (Lipinski definition) is 2. The molecule has 12 nitrogen and oxygen atoms in total. The van der Waals surface area contributed by atoms with Gasteiger partial charge in [-0.15, -0.1) is 0 Å². The van der Waals surface area contributed by atoms with E-state index in [1.165, 1.54) is 4.57 Å². The van der Waals surface area contributed by atoms with Gasteiger partial charge in [-0.05, 0) is 62.5 Å². The van der Waals surface area contributed by atoms with E-state index in [0.29, 0.717) is 67.3 Å². The second-order valence-corrected chi connectivity index (χ2v) is 18.0. The highest BCUT2D eigenvalue weighted by Gasteiger charge is 2.16. The average Bonchev–Trinajstić information content (AvgIpc) is 3.18. The number of aryl methyl sites for hydroxylation is 2. The van der Waals surface area contributed by atoms with Crippen molar-refractivity contribution in [2.24, 2.45) is 14.1 Å². The van der Waals surface area contributed by atoms with Crippen LogP contribution in [0.2, 0.25) is 10.0 Å². The predicted octanol–water partition coefficient (Wildman–Crippen LogP) is 7.87. The quantitative estimate of drug-likeness (QED) is 0.103. The molecular formula is C40H46Cl2N8O4S2. The molecule has 0 aliphatic heterocycles. The van der Waals surface area contributed by atoms with E-state index in [1.54, 1.807) is 62.2 Å². The molecule has 0 bridgehead atoms. The Morgan fingerprint density at radius 1 is 0.714 bits per heavy atom. The van der Waals surface area contributed by atoms with Crippen molar-refractivity contribution in [2.45, 2.75) is 52.6 Å². The number of fused-ring (bicyclic) bond motifs is 2. The van der Waals surface area contributed by atoms with Gasteiger partial charge in [-0.2, -0.15) is 21.7 Å². The van der Waals surface area contributed by atoms with Gasteiger partial charge in [0.25, 0.3) is 11.1 Å². The molecule has 56 heavy (non-hydrogen) atoms. The van der Waals surface area contributed by atoms with Crippen molar-refractivity contribution < 1.29 is 8.42 Å². The summed E-state index contributed by atoms with van der Waals surface area (Å²) in [6.45, 7) is 7.78. The van der Waals surface area contributed by atoms with Crippen LogP contribution in [0, 0.1) is 0 Å². The first-order valence-electron chi connectivity index (χ1n) is 18.3. The summed E-state index contributed by atoms with van der Waals surface area (Å²) in [5.74, 6) is 3.33. The van der Waals surface area contributed by atoms with Crippen LogP contribution < -0.4 is 21.8 Å². The molecule has 0 unspecified atom stereocenters. The highest BCUT2D eigenvalue weighted by molar-refractivity contribution is 7.99. The molecular weight excluding hydrogens is 792 g/mol. The first-order chi connectivity index (χ1) is 26.7. The van der Waals surface area contributed by atoms with Crippen LogP contribution in [0.5, 0.6) is 0 Å². The summed E-state index contributed by atoms with van der Waals surface area (Å²) in [6, 6.07) is 18.2. The zero-order valence-electron chi connectivity index (χ0n) is 32.2. The lowest BCUT2D eigenvalue weighted by molar-refractivity contribution is 0.591. The molecule has 0 aliphatic carbocycles. The minimum Gasteiger partial charge on any atom is -0.352 e. The van der Waals surface area contributed by atoms with Gasteiger partial charge in [-0.3, -0.25) is 18.7 Å². The standard InChI is InChI=1S/C20H23ClN4O3S.C20H23ClN4OS/c1-4-29(27,28)10-9-13(2)23-20-22-12-14-11-16(15-7-5-6-8-17(15)21)19(26)25(3)18(14)24-20;1-4-27-10-9-13(2)23-20-22-12-14-11-16(15-7-5-6-8-17(15)21)19(26)25(3)18(14)24-20/h5-8,11-13H,4,9-10H2,1-3H3,(H,22,23,24);5-8,11-13H,4,9-10H2,1-3H3,(H,22,23,24)/t2*13-/m11/s1. The summed E-state index contributed by atoms with van der Waals surface area (Å²) < 4.78 is 26.4. The summed E-state index contributed by atoms with van der Waals surface area (Å²) >= 11 is 14.5. The Morgan fingerprint density at radius 2 is 1.16 bits per heavy atom. The summed E-state index contributed by atoms with van der Waals surface area (Å²) in [5, 5.41) is 8.98. The van der Waals surface area contributed by atoms with Crippen molar-refractivity contribution in [1.29, 1.82) is 0 Å². The number of thioether (sulfide) groups is 1. The van der Waals surface area contributed by atoms with Gasteiger partial charge in [-0.25, -0.2) is 18.4 Å². The van der Waals surface area contributed by atoms with Gasteiger partial charge in [0, 0.05) is 87.4 Å². The highest BCUT2D eigenvalue weighted by atomic mass is 35.5. The van der Waals surface area contributed by atoms with Gasteiger partial charge >= 0.3 is 0 Å². The first-order valence-corrected chi connectivity index (χ1v) is 22.0. The zero-order valence-corrected chi connectivity index (χ0v) is 35.4. The van der Waals surface area contributed by atoms with E-state index < -0.39 is 9.84 Å². The number of anilines is 2. The zero-order chi connectivity index (χ0) is 40.6. The number of nitrogens with one attached hydrogen (secondary N) is 2. The smallest absolute Gasteiger partial charge is 0.259 e. The van der Waals surface area contributed by atoms with Crippen molar-refractivity contribution in [3.8, 4) is 22.3 Å². The fraction of sp³-hybridized carbons (Fsp3) is 0.350. The highest BCUT2D eigenvalue weighted by Crippen LogP contribution is 2.28. The second-order valence-electron chi connectivity index (χ2n) is 13.4. The van der Waals surface area contributed by atoms with E-state index >= 15 is 0 Å². The molecule has 4 heterocycles. The van der Waals surface area contributed by atoms with Crippen molar-refractivity contribution in [3.63, 3.8) is 0 Å². The second kappa shape index (κ2) is 19.1. The van der Waals surface area contributed by atoms with Gasteiger partial charge in [0.1, 0.15) is 21.1 Å². The van der Waals surface area contributed by atoms with Crippen LogP contribution in [0.1, 0.15) is 40.5 Å². The van der Waals surface area contributed by atoms with Gasteiger partial charge < -0.3 is 10.6 Å². The minimum absolute atomic E-state index is 0.102. The molecule has 6 aromatic rings. The Bertz CT molecular complexity index is 2570. The van der Waals surface area contributed by atoms with Crippen LogP contribution in [0.4, 0.5) is 11.9 Å². The Balaban J connectivity index is 0.000000215. The van der Waals surface area contributed by atoms with Crippen LogP contribution in [0.3, 0.4) is 0 Å². The lowest BCUT2D eigenvalue weighted by Crippen LogP contribution is -2.23. The van der Waals surface area contributed by atoms with Gasteiger partial charge in [-0.1, -0.05) is 73.4 Å². The Labute approximate surface area is 341 Å². The fourth-order valence-electron chi connectivity index (χ4n) is 5.87. The lowest BCUT2D eigenvalue weighted by Gasteiger charge is -2.15. The average molecular weight is 838 g/mol. The number of halogens is 2. The molecule has 2 N–H and O–H groups in total. The lowest BCUT2D eigenvalue weighted by atomic mass is 10.1. The van der Waals surface area contributed by atoms with Gasteiger partial charge in [0.05, 0.1) is 5.75 Å². The van der Waals surface area contributed by atoms with Crippen LogP contribution in [-0.4, -0.2) is 72.6 Å². The van der Waals surface area contributed by atoms with E-state index in [4.69, 9.17) is 23.2 Å². The first kappa shape index (κ1) is 42.6. The molecule has 16 heteroatoms. The third-order valence-corrected chi connectivity index (χ3v) is 12.5. The monoisotopic (exact) mass is 836 g/mol. The molecule has 0 saturated heterocycles. The Hall–Kier alpha value is -4.50. The minimum atomic E-state index is -3.03. The summed E-state index contributed by atoms with van der Waals surface area (Å²) in [6.07, 6.45) is 4.87. The van der Waals surface area contributed by atoms with E-state index in [0.717, 1.165) is 23.3 Å². The van der Waals surface area contributed by atoms with Crippen LogP contribution in [0.15, 0.2) is 82.6 Å². The summed E-state index contributed by atoms with van der Waals surface area (Å²) in [4.78, 5) is 43.5. The van der Waals surface area contributed by atoms with Crippen molar-refractivity contribution in [2.75, 3.05) is 33.6 Å². The third-order valence-electron chi connectivity index (χ3n) is 9.18. The molecule has 0 saturated carbocycles. The maximum atomic E-state index is 12.9. The number of benzene rings is 2. The van der Waals surface area contributed by atoms with E-state index in [1.807, 2.05) is 55.1 Å². The molecule has 296 valence electrons. The van der Waals surface area contributed by atoms with E-state index in [9.17, 15) is 18.0 Å². The van der Waals surface area contributed by atoms with E-state index in [-0.39, 0.29) is 34.7 Å². The Morgan fingerprint density at radius 3 is 1.59 bits per heavy atom. The van der Waals surface area contributed by atoms with Crippen LogP contribution in [0.25, 0.3) is 44.3 Å². The van der Waals surface area contributed by atoms with E-state index in [2.05, 4.69) is 44.4 Å². The number of sulfone groups is 1. The molecule has 6 rings (SSSR count). The predicted molar refractivity (Wildman–Crippen MR) is 233 cm³/mol. The SMILES string of the molecule is CCS(=O)(=O)CC[C@@H](C)Nc1ncc2cc(-c3ccccc3Cl)c(=O)n(C)c2n1.CCSCC[C@@H](C)Nc1ncc2cc(-c3ccccc3Cl)c(=O)n(C)c2n1. The molecule has 2 atom stereocenters. The summed E-state index contributed by atoms with van der Waals surface area (Å²) in [7, 11) is 0.352. The number of aromatic nitrogens is 6. The summed E-state index contributed by atoms with van der Waals surface area (Å²) in [5.41, 5.74) is 3.14. The molecule has 2 aromatic carbocycles. The topological polar surface area (TPSA) is 154 Å². The van der Waals surface area contributed by atoms with Crippen molar-refractivity contribution in [3.05, 3.63) is 104 Å². The third kappa shape index (κ3) is 10.5. The van der Waals surface area contributed by atoms with Crippen LogP contribution >= 0.6 is 35.0 Å². The largest absolute Gasteiger partial charge is 0.352 e. The van der Waals surface area contributed by atoms with Crippen molar-refractivity contribution in [1.82, 2.24) is 29.1 Å². The number of pyridine rings is 2. The van der Waals surface area contributed by atoms with Gasteiger partial charge in [0.15, 0.2) is 0 Å².